The fourth-order valence-corrected chi connectivity index (χ4v) is 6.18. The number of anilines is 1. The molecule has 3 aromatic rings. The van der Waals surface area contributed by atoms with Crippen molar-refractivity contribution < 1.29 is 22.7 Å². The van der Waals surface area contributed by atoms with Gasteiger partial charge in [0.15, 0.2) is 0 Å². The highest BCUT2D eigenvalue weighted by atomic mass is 32.2. The lowest BCUT2D eigenvalue weighted by atomic mass is 10.1. The van der Waals surface area contributed by atoms with E-state index in [1.807, 2.05) is 64.3 Å². The summed E-state index contributed by atoms with van der Waals surface area (Å²) in [5.74, 6) is -0.181. The zero-order valence-electron chi connectivity index (χ0n) is 24.2. The van der Waals surface area contributed by atoms with Gasteiger partial charge < -0.3 is 15.0 Å². The molecule has 0 saturated heterocycles. The van der Waals surface area contributed by atoms with E-state index in [0.29, 0.717) is 24.5 Å². The molecule has 220 valence electrons. The number of ether oxygens (including phenoxy) is 1. The van der Waals surface area contributed by atoms with Crippen molar-refractivity contribution in [1.29, 1.82) is 0 Å². The van der Waals surface area contributed by atoms with E-state index in [4.69, 9.17) is 4.74 Å². The van der Waals surface area contributed by atoms with Crippen molar-refractivity contribution in [3.05, 3.63) is 84.4 Å². The zero-order valence-corrected chi connectivity index (χ0v) is 25.9. The molecule has 0 spiro atoms. The Kier molecular flexibility index (Phi) is 11.7. The van der Waals surface area contributed by atoms with Gasteiger partial charge in [0.1, 0.15) is 18.3 Å². The van der Waals surface area contributed by atoms with Crippen LogP contribution in [0.15, 0.2) is 88.7 Å². The van der Waals surface area contributed by atoms with Crippen molar-refractivity contribution in [2.24, 2.45) is 0 Å². The lowest BCUT2D eigenvalue weighted by molar-refractivity contribution is -0.140. The molecule has 41 heavy (non-hydrogen) atoms. The number of nitrogens with zero attached hydrogens (tertiary/aromatic N) is 2. The molecule has 0 aliphatic heterocycles. The summed E-state index contributed by atoms with van der Waals surface area (Å²) in [5, 5.41) is 2.90. The summed E-state index contributed by atoms with van der Waals surface area (Å²) in [7, 11) is -4.14. The lowest BCUT2D eigenvalue weighted by Crippen LogP contribution is -2.53. The van der Waals surface area contributed by atoms with Crippen LogP contribution in [-0.4, -0.2) is 56.6 Å². The highest BCUT2D eigenvalue weighted by Gasteiger charge is 2.33. The molecule has 0 radical (unpaired) electrons. The van der Waals surface area contributed by atoms with Gasteiger partial charge in [-0.25, -0.2) is 8.42 Å². The number of benzene rings is 3. The van der Waals surface area contributed by atoms with Crippen LogP contribution in [0.2, 0.25) is 0 Å². The van der Waals surface area contributed by atoms with E-state index >= 15 is 0 Å². The Balaban J connectivity index is 2.05. The third-order valence-corrected chi connectivity index (χ3v) is 8.91. The van der Waals surface area contributed by atoms with E-state index in [1.165, 1.54) is 16.7 Å². The minimum Gasteiger partial charge on any atom is -0.494 e. The molecule has 3 aromatic carbocycles. The van der Waals surface area contributed by atoms with Crippen molar-refractivity contribution in [3.63, 3.8) is 0 Å². The number of amides is 2. The maximum Gasteiger partial charge on any atom is 0.264 e. The van der Waals surface area contributed by atoms with Gasteiger partial charge >= 0.3 is 0 Å². The number of hydrogen-bond donors (Lipinski definition) is 1. The first-order valence-corrected chi connectivity index (χ1v) is 16.3. The predicted molar refractivity (Wildman–Crippen MR) is 165 cm³/mol. The van der Waals surface area contributed by atoms with Gasteiger partial charge in [0.25, 0.3) is 10.0 Å². The fourth-order valence-electron chi connectivity index (χ4n) is 4.36. The highest BCUT2D eigenvalue weighted by molar-refractivity contribution is 7.98. The standard InChI is InChI=1S/C31H39N3O5S2/c1-6-29(31(36)32-23(3)4)33(21-24-11-9-8-10-12-24)30(35)22-34(25-13-15-26(16-14-25)39-7-2)41(37,38)28-19-17-27(40-5)18-20-28/h8-20,23,29H,6-7,21-22H2,1-5H3,(H,32,36)/t29-/m1/s1. The number of carbonyl (C=O) groups is 2. The molecular weight excluding hydrogens is 558 g/mol. The molecule has 0 aliphatic rings. The first-order chi connectivity index (χ1) is 19.6. The molecule has 8 nitrogen and oxygen atoms in total. The first-order valence-electron chi connectivity index (χ1n) is 13.6. The molecule has 1 atom stereocenters. The van der Waals surface area contributed by atoms with Crippen LogP contribution in [-0.2, 0) is 26.2 Å². The number of rotatable bonds is 14. The second-order valence-corrected chi connectivity index (χ2v) is 12.5. The van der Waals surface area contributed by atoms with Crippen molar-refractivity contribution in [2.75, 3.05) is 23.7 Å². The van der Waals surface area contributed by atoms with Crippen LogP contribution in [0, 0.1) is 0 Å². The lowest BCUT2D eigenvalue weighted by Gasteiger charge is -2.33. The molecule has 0 bridgehead atoms. The first kappa shape index (κ1) is 32.0. The molecule has 1 N–H and O–H groups in total. The van der Waals surface area contributed by atoms with Crippen LogP contribution >= 0.6 is 11.8 Å². The van der Waals surface area contributed by atoms with E-state index in [2.05, 4.69) is 5.32 Å². The molecule has 3 rings (SSSR count). The summed E-state index contributed by atoms with van der Waals surface area (Å²) in [4.78, 5) is 29.7. The monoisotopic (exact) mass is 597 g/mol. The van der Waals surface area contributed by atoms with Crippen LogP contribution in [0.5, 0.6) is 5.75 Å². The Morgan fingerprint density at radius 2 is 1.56 bits per heavy atom. The second kappa shape index (κ2) is 14.9. The maximum absolute atomic E-state index is 14.1. The highest BCUT2D eigenvalue weighted by Crippen LogP contribution is 2.28. The van der Waals surface area contributed by atoms with Gasteiger partial charge in [0.2, 0.25) is 11.8 Å². The number of thioether (sulfide) groups is 1. The van der Waals surface area contributed by atoms with Crippen molar-refractivity contribution in [1.82, 2.24) is 10.2 Å². The Labute approximate surface area is 248 Å². The Bertz CT molecular complexity index is 1380. The molecule has 0 aromatic heterocycles. The van der Waals surface area contributed by atoms with E-state index < -0.39 is 28.5 Å². The van der Waals surface area contributed by atoms with Crippen LogP contribution in [0.1, 0.15) is 39.7 Å². The fraction of sp³-hybridized carbons (Fsp3) is 0.355. The number of sulfonamides is 1. The van der Waals surface area contributed by atoms with Gasteiger partial charge in [-0.05, 0) is 87.5 Å². The summed E-state index contributed by atoms with van der Waals surface area (Å²) in [6.07, 6.45) is 2.28. The van der Waals surface area contributed by atoms with E-state index in [0.717, 1.165) is 14.8 Å². The largest absolute Gasteiger partial charge is 0.494 e. The third-order valence-electron chi connectivity index (χ3n) is 6.37. The summed E-state index contributed by atoms with van der Waals surface area (Å²) in [6, 6.07) is 21.6. The normalized spacial score (nSPS) is 12.0. The quantitative estimate of drug-likeness (QED) is 0.252. The number of nitrogens with one attached hydrogen (secondary N) is 1. The molecule has 0 unspecified atom stereocenters. The predicted octanol–water partition coefficient (Wildman–Crippen LogP) is 5.33. The summed E-state index contributed by atoms with van der Waals surface area (Å²) in [6.45, 7) is 7.55. The van der Waals surface area contributed by atoms with Crippen LogP contribution in [0.3, 0.4) is 0 Å². The van der Waals surface area contributed by atoms with Crippen molar-refractivity contribution in [2.45, 2.75) is 62.5 Å². The molecular formula is C31H39N3O5S2. The van der Waals surface area contributed by atoms with Crippen LogP contribution in [0.25, 0.3) is 0 Å². The molecule has 2 amide bonds. The van der Waals surface area contributed by atoms with Gasteiger partial charge in [0, 0.05) is 17.5 Å². The van der Waals surface area contributed by atoms with Crippen molar-refractivity contribution in [3.8, 4) is 5.75 Å². The molecule has 0 aliphatic carbocycles. The molecule has 0 heterocycles. The summed E-state index contributed by atoms with van der Waals surface area (Å²) in [5.41, 5.74) is 1.15. The zero-order chi connectivity index (χ0) is 30.0. The molecule has 0 fully saturated rings. The van der Waals surface area contributed by atoms with Gasteiger partial charge in [-0.15, -0.1) is 11.8 Å². The van der Waals surface area contributed by atoms with Crippen LogP contribution in [0.4, 0.5) is 5.69 Å². The maximum atomic E-state index is 14.1. The molecule has 0 saturated carbocycles. The van der Waals surface area contributed by atoms with Gasteiger partial charge in [-0.2, -0.15) is 0 Å². The van der Waals surface area contributed by atoms with Crippen LogP contribution < -0.4 is 14.4 Å². The van der Waals surface area contributed by atoms with Gasteiger partial charge in [-0.3, -0.25) is 13.9 Å². The Morgan fingerprint density at radius 3 is 2.10 bits per heavy atom. The smallest absolute Gasteiger partial charge is 0.264 e. The summed E-state index contributed by atoms with van der Waals surface area (Å²) >= 11 is 1.51. The SMILES string of the molecule is CCOc1ccc(N(CC(=O)N(Cc2ccccc2)[C@H](CC)C(=O)NC(C)C)S(=O)(=O)c2ccc(SC)cc2)cc1. The Hall–Kier alpha value is -3.50. The minimum absolute atomic E-state index is 0.0659. The summed E-state index contributed by atoms with van der Waals surface area (Å²) < 4.78 is 34.7. The average Bonchev–Trinajstić information content (AvgIpc) is 2.96. The van der Waals surface area contributed by atoms with E-state index in [1.54, 1.807) is 48.5 Å². The van der Waals surface area contributed by atoms with E-state index in [-0.39, 0.29) is 23.4 Å². The average molecular weight is 598 g/mol. The van der Waals surface area contributed by atoms with E-state index in [9.17, 15) is 18.0 Å². The number of carbonyl (C=O) groups excluding carboxylic acids is 2. The Morgan fingerprint density at radius 1 is 0.927 bits per heavy atom. The molecule has 10 heteroatoms. The minimum atomic E-state index is -4.14. The number of hydrogen-bond acceptors (Lipinski definition) is 6. The van der Waals surface area contributed by atoms with Gasteiger partial charge in [0.05, 0.1) is 17.2 Å². The van der Waals surface area contributed by atoms with Gasteiger partial charge in [-0.1, -0.05) is 37.3 Å². The van der Waals surface area contributed by atoms with Crippen molar-refractivity contribution >= 4 is 39.3 Å². The topological polar surface area (TPSA) is 96.0 Å². The second-order valence-electron chi connectivity index (χ2n) is 9.71. The third kappa shape index (κ3) is 8.50.